The summed E-state index contributed by atoms with van der Waals surface area (Å²) in [5.74, 6) is 0. The average Bonchev–Trinajstić information content (AvgIpc) is 1.78. The maximum absolute atomic E-state index is 4.19. The lowest BCUT2D eigenvalue weighted by molar-refractivity contribution is 0.647. The summed E-state index contributed by atoms with van der Waals surface area (Å²) in [4.78, 5) is 0. The molecule has 0 aliphatic heterocycles. The van der Waals surface area contributed by atoms with Crippen LogP contribution in [0.2, 0.25) is 0 Å². The molecule has 0 aromatic heterocycles. The lowest BCUT2D eigenvalue weighted by Gasteiger charge is -2.13. The van der Waals surface area contributed by atoms with Crippen LogP contribution in [0.4, 0.5) is 0 Å². The number of unbranched alkanes of at least 4 members (excludes halogenated alkanes) is 3. The molecule has 0 saturated heterocycles. The third kappa shape index (κ3) is 9.05. The van der Waals surface area contributed by atoms with E-state index in [1.54, 1.807) is 0 Å². The van der Waals surface area contributed by atoms with Crippen LogP contribution in [-0.2, 0) is 0 Å². The Hall–Kier alpha value is 1.05. The summed E-state index contributed by atoms with van der Waals surface area (Å²) < 4.78 is -0.367. The van der Waals surface area contributed by atoms with Crippen LogP contribution in [-0.4, -0.2) is 3.41 Å². The van der Waals surface area contributed by atoms with E-state index >= 15 is 0 Å². The van der Waals surface area contributed by atoms with Gasteiger partial charge in [-0.05, 0) is 6.42 Å². The van der Waals surface area contributed by atoms with Crippen LogP contribution in [0.25, 0.3) is 0 Å². The third-order valence-electron chi connectivity index (χ3n) is 1.37. The van der Waals surface area contributed by atoms with E-state index in [0.717, 1.165) is 6.42 Å². The van der Waals surface area contributed by atoms with E-state index in [0.29, 0.717) is 0 Å². The second kappa shape index (κ2) is 5.67. The van der Waals surface area contributed by atoms with Gasteiger partial charge in [-0.3, -0.25) is 0 Å². The Labute approximate surface area is 80.4 Å². The molecule has 0 radical (unpaired) electrons. The molecule has 0 amide bonds. The van der Waals surface area contributed by atoms with Gasteiger partial charge in [-0.1, -0.05) is 32.6 Å². The van der Waals surface area contributed by atoms with Crippen LogP contribution < -0.4 is 0 Å². The van der Waals surface area contributed by atoms with Gasteiger partial charge in [-0.25, -0.2) is 0 Å². The largest absolute Gasteiger partial charge is 0.151 e. The molecule has 62 valence electrons. The number of rotatable bonds is 5. The SMILES string of the molecule is CCCCCCC(S)(S)S. The second-order valence-electron chi connectivity index (χ2n) is 2.59. The minimum Gasteiger partial charge on any atom is -0.151 e. The van der Waals surface area contributed by atoms with Crippen LogP contribution in [0.1, 0.15) is 39.0 Å². The third-order valence-corrected chi connectivity index (χ3v) is 2.04. The van der Waals surface area contributed by atoms with Crippen LogP contribution in [0, 0.1) is 0 Å². The summed E-state index contributed by atoms with van der Waals surface area (Å²) in [5, 5.41) is 0. The summed E-state index contributed by atoms with van der Waals surface area (Å²) in [6, 6.07) is 0. The molecule has 0 saturated carbocycles. The number of hydrogen-bond donors (Lipinski definition) is 3. The van der Waals surface area contributed by atoms with E-state index in [1.807, 2.05) is 0 Å². The van der Waals surface area contributed by atoms with Gasteiger partial charge in [0.15, 0.2) is 0 Å². The molecule has 0 spiro atoms. The molecule has 0 N–H and O–H groups in total. The maximum Gasteiger partial charge on any atom is 0.0980 e. The smallest absolute Gasteiger partial charge is 0.0980 e. The monoisotopic (exact) mass is 196 g/mol. The van der Waals surface area contributed by atoms with E-state index in [1.165, 1.54) is 25.7 Å². The molecule has 0 aromatic rings. The van der Waals surface area contributed by atoms with Crippen molar-refractivity contribution in [2.24, 2.45) is 0 Å². The molecule has 0 bridgehead atoms. The fraction of sp³-hybridized carbons (Fsp3) is 1.00. The van der Waals surface area contributed by atoms with Gasteiger partial charge in [0, 0.05) is 0 Å². The Morgan fingerprint density at radius 1 is 1.00 bits per heavy atom. The zero-order chi connectivity index (χ0) is 8.04. The molecule has 0 nitrogen and oxygen atoms in total. The van der Waals surface area contributed by atoms with E-state index in [-0.39, 0.29) is 3.41 Å². The normalized spacial score (nSPS) is 12.0. The van der Waals surface area contributed by atoms with E-state index < -0.39 is 0 Å². The molecule has 0 aliphatic rings. The van der Waals surface area contributed by atoms with Crippen molar-refractivity contribution >= 4 is 37.9 Å². The topological polar surface area (TPSA) is 0 Å². The molecule has 0 heterocycles. The van der Waals surface area contributed by atoms with Gasteiger partial charge < -0.3 is 0 Å². The van der Waals surface area contributed by atoms with Gasteiger partial charge in [0.05, 0.1) is 3.41 Å². The van der Waals surface area contributed by atoms with Crippen molar-refractivity contribution in [1.82, 2.24) is 0 Å². The highest BCUT2D eigenvalue weighted by Gasteiger charge is 2.11. The first kappa shape index (κ1) is 11.1. The zero-order valence-corrected chi connectivity index (χ0v) is 9.06. The molecule has 0 aliphatic carbocycles. The first-order chi connectivity index (χ1) is 4.56. The highest BCUT2D eigenvalue weighted by molar-refractivity contribution is 8.16. The maximum atomic E-state index is 4.19. The minimum absolute atomic E-state index is 0.367. The molecular weight excluding hydrogens is 180 g/mol. The standard InChI is InChI=1S/C7H16S3/c1-2-3-4-5-6-7(8,9)10/h8-10H,2-6H2,1H3. The van der Waals surface area contributed by atoms with Crippen molar-refractivity contribution in [3.8, 4) is 0 Å². The molecule has 0 rings (SSSR count). The predicted molar refractivity (Wildman–Crippen MR) is 58.4 cm³/mol. The summed E-state index contributed by atoms with van der Waals surface area (Å²) in [6.07, 6.45) is 6.02. The fourth-order valence-electron chi connectivity index (χ4n) is 0.789. The van der Waals surface area contributed by atoms with Gasteiger partial charge >= 0.3 is 0 Å². The Balaban J connectivity index is 3.04. The molecule has 0 aromatic carbocycles. The Bertz CT molecular complexity index is 75.4. The second-order valence-corrected chi connectivity index (χ2v) is 5.93. The molecule has 10 heavy (non-hydrogen) atoms. The highest BCUT2D eigenvalue weighted by atomic mass is 32.2. The molecular formula is C7H16S3. The van der Waals surface area contributed by atoms with Gasteiger partial charge in [0.25, 0.3) is 0 Å². The Kier molecular flexibility index (Phi) is 6.26. The van der Waals surface area contributed by atoms with Crippen LogP contribution in [0.3, 0.4) is 0 Å². The first-order valence-corrected chi connectivity index (χ1v) is 5.07. The van der Waals surface area contributed by atoms with E-state index in [4.69, 9.17) is 0 Å². The highest BCUT2D eigenvalue weighted by Crippen LogP contribution is 2.30. The molecule has 0 fully saturated rings. The first-order valence-electron chi connectivity index (χ1n) is 3.73. The molecule has 0 atom stereocenters. The van der Waals surface area contributed by atoms with Gasteiger partial charge in [0.1, 0.15) is 0 Å². The lowest BCUT2D eigenvalue weighted by atomic mass is 10.2. The van der Waals surface area contributed by atoms with E-state index in [9.17, 15) is 0 Å². The number of thiol groups is 3. The minimum atomic E-state index is -0.367. The quantitative estimate of drug-likeness (QED) is 0.335. The number of hydrogen-bond acceptors (Lipinski definition) is 3. The zero-order valence-electron chi connectivity index (χ0n) is 6.38. The predicted octanol–water partition coefficient (Wildman–Crippen LogP) is 3.40. The Morgan fingerprint density at radius 2 is 1.60 bits per heavy atom. The van der Waals surface area contributed by atoms with Crippen molar-refractivity contribution in [3.05, 3.63) is 0 Å². The summed E-state index contributed by atoms with van der Waals surface area (Å²) in [6.45, 7) is 2.20. The summed E-state index contributed by atoms with van der Waals surface area (Å²) in [5.41, 5.74) is 0. The molecule has 0 unspecified atom stereocenters. The van der Waals surface area contributed by atoms with Crippen LogP contribution >= 0.6 is 37.9 Å². The van der Waals surface area contributed by atoms with Gasteiger partial charge in [0.2, 0.25) is 0 Å². The molecule has 3 heteroatoms. The van der Waals surface area contributed by atoms with Crippen LogP contribution in [0.5, 0.6) is 0 Å². The van der Waals surface area contributed by atoms with Crippen molar-refractivity contribution in [2.45, 2.75) is 42.4 Å². The van der Waals surface area contributed by atoms with Gasteiger partial charge in [-0.2, -0.15) is 37.9 Å². The average molecular weight is 196 g/mol. The van der Waals surface area contributed by atoms with Crippen molar-refractivity contribution in [3.63, 3.8) is 0 Å². The Morgan fingerprint density at radius 3 is 2.00 bits per heavy atom. The van der Waals surface area contributed by atoms with E-state index in [2.05, 4.69) is 44.8 Å². The lowest BCUT2D eigenvalue weighted by Crippen LogP contribution is -2.01. The van der Waals surface area contributed by atoms with Crippen LogP contribution in [0.15, 0.2) is 0 Å². The van der Waals surface area contributed by atoms with Crippen molar-refractivity contribution < 1.29 is 0 Å². The van der Waals surface area contributed by atoms with Crippen molar-refractivity contribution in [2.75, 3.05) is 0 Å². The van der Waals surface area contributed by atoms with Crippen molar-refractivity contribution in [1.29, 1.82) is 0 Å². The summed E-state index contributed by atoms with van der Waals surface area (Å²) in [7, 11) is 0. The van der Waals surface area contributed by atoms with Gasteiger partial charge in [-0.15, -0.1) is 0 Å². The summed E-state index contributed by atoms with van der Waals surface area (Å²) >= 11 is 12.6. The fourth-order valence-corrected chi connectivity index (χ4v) is 1.26.